The number of rotatable bonds is 6. The summed E-state index contributed by atoms with van der Waals surface area (Å²) < 4.78 is 0. The van der Waals surface area contributed by atoms with Crippen molar-refractivity contribution in [2.45, 2.75) is 38.5 Å². The molecule has 5 heteroatoms. The molecule has 0 aliphatic heterocycles. The maximum Gasteiger partial charge on any atom is 0.224 e. The summed E-state index contributed by atoms with van der Waals surface area (Å²) in [6, 6.07) is 7.25. The molecule has 1 heterocycles. The Balaban J connectivity index is 1.65. The molecule has 3 rings (SSSR count). The number of aromatic nitrogens is 1. The molecular weight excluding hydrogens is 304 g/mol. The minimum Gasteiger partial charge on any atom is -0.543 e. The van der Waals surface area contributed by atoms with Gasteiger partial charge in [-0.05, 0) is 43.7 Å². The molecule has 0 bridgehead atoms. The predicted molar refractivity (Wildman–Crippen MR) is 90.5 cm³/mol. The zero-order valence-electron chi connectivity index (χ0n) is 13.6. The summed E-state index contributed by atoms with van der Waals surface area (Å²) in [6.45, 7) is 0.591. The number of allylic oxidation sites excluding steroid dienone is 1. The predicted octanol–water partition coefficient (Wildman–Crippen LogP) is 2.08. The number of amides is 1. The van der Waals surface area contributed by atoms with Gasteiger partial charge in [0, 0.05) is 17.4 Å². The molecule has 24 heavy (non-hydrogen) atoms. The molecule has 0 unspecified atom stereocenters. The Bertz CT molecular complexity index is 789. The van der Waals surface area contributed by atoms with Gasteiger partial charge in [-0.25, -0.2) is 0 Å². The average molecular weight is 325 g/mol. The fraction of sp³-hybridized carbons (Fsp3) is 0.368. The number of carboxylic acids is 1. The zero-order chi connectivity index (χ0) is 16.9. The molecule has 1 aromatic heterocycles. The third-order valence-corrected chi connectivity index (χ3v) is 4.51. The largest absolute Gasteiger partial charge is 0.543 e. The van der Waals surface area contributed by atoms with Crippen LogP contribution in [0.4, 0.5) is 0 Å². The summed E-state index contributed by atoms with van der Waals surface area (Å²) >= 11 is 0. The SMILES string of the molecule is O=C(Cc1c(C(=O)[O-])[nH]c2ccccc12)NCCC1=CCCCC1. The van der Waals surface area contributed by atoms with E-state index >= 15 is 0 Å². The molecule has 0 radical (unpaired) electrons. The molecule has 126 valence electrons. The minimum atomic E-state index is -1.29. The van der Waals surface area contributed by atoms with Gasteiger partial charge in [0.15, 0.2) is 0 Å². The smallest absolute Gasteiger partial charge is 0.224 e. The number of carbonyl (C=O) groups is 2. The van der Waals surface area contributed by atoms with Crippen molar-refractivity contribution in [3.8, 4) is 0 Å². The Kier molecular flexibility index (Phi) is 4.99. The van der Waals surface area contributed by atoms with Gasteiger partial charge in [0.05, 0.1) is 18.1 Å². The van der Waals surface area contributed by atoms with Crippen LogP contribution in [0.1, 0.15) is 48.2 Å². The highest BCUT2D eigenvalue weighted by atomic mass is 16.4. The lowest BCUT2D eigenvalue weighted by Crippen LogP contribution is -2.29. The van der Waals surface area contributed by atoms with Crippen LogP contribution in [-0.2, 0) is 11.2 Å². The summed E-state index contributed by atoms with van der Waals surface area (Å²) in [4.78, 5) is 26.4. The Labute approximate surface area is 140 Å². The molecule has 0 saturated heterocycles. The molecule has 1 aromatic carbocycles. The van der Waals surface area contributed by atoms with Crippen molar-refractivity contribution < 1.29 is 14.7 Å². The van der Waals surface area contributed by atoms with Gasteiger partial charge in [-0.2, -0.15) is 0 Å². The number of carboxylic acid groups (broad SMARTS) is 1. The van der Waals surface area contributed by atoms with E-state index in [9.17, 15) is 14.7 Å². The Morgan fingerprint density at radius 2 is 2.04 bits per heavy atom. The second kappa shape index (κ2) is 7.34. The van der Waals surface area contributed by atoms with E-state index in [1.807, 2.05) is 18.2 Å². The standard InChI is InChI=1S/C19H22N2O3/c22-17(20-11-10-13-6-2-1-3-7-13)12-15-14-8-4-5-9-16(14)21-18(15)19(23)24/h4-6,8-9,21H,1-3,7,10-12H2,(H,20,22)(H,23,24)/p-1. The van der Waals surface area contributed by atoms with E-state index in [4.69, 9.17) is 0 Å². The van der Waals surface area contributed by atoms with E-state index in [0.29, 0.717) is 17.6 Å². The third-order valence-electron chi connectivity index (χ3n) is 4.51. The average Bonchev–Trinajstić information content (AvgIpc) is 2.95. The number of aromatic amines is 1. The first-order valence-corrected chi connectivity index (χ1v) is 8.40. The topological polar surface area (TPSA) is 85.0 Å². The maximum atomic E-state index is 12.2. The molecule has 5 nitrogen and oxygen atoms in total. The number of hydrogen-bond acceptors (Lipinski definition) is 3. The number of fused-ring (bicyclic) bond motifs is 1. The number of H-pyrrole nitrogens is 1. The Morgan fingerprint density at radius 1 is 1.21 bits per heavy atom. The highest BCUT2D eigenvalue weighted by Gasteiger charge is 2.15. The van der Waals surface area contributed by atoms with E-state index in [0.717, 1.165) is 24.6 Å². The van der Waals surface area contributed by atoms with Gasteiger partial charge in [-0.3, -0.25) is 4.79 Å². The first-order chi connectivity index (χ1) is 11.6. The van der Waals surface area contributed by atoms with Gasteiger partial charge in [0.1, 0.15) is 0 Å². The van der Waals surface area contributed by atoms with Crippen LogP contribution < -0.4 is 10.4 Å². The molecule has 2 aromatic rings. The van der Waals surface area contributed by atoms with Crippen molar-refractivity contribution in [1.82, 2.24) is 10.3 Å². The van der Waals surface area contributed by atoms with Crippen molar-refractivity contribution in [3.63, 3.8) is 0 Å². The van der Waals surface area contributed by atoms with E-state index in [1.54, 1.807) is 6.07 Å². The normalized spacial score (nSPS) is 14.4. The van der Waals surface area contributed by atoms with E-state index in [-0.39, 0.29) is 18.0 Å². The zero-order valence-corrected chi connectivity index (χ0v) is 13.6. The van der Waals surface area contributed by atoms with Crippen molar-refractivity contribution in [1.29, 1.82) is 0 Å². The highest BCUT2D eigenvalue weighted by molar-refractivity contribution is 5.99. The monoisotopic (exact) mass is 325 g/mol. The van der Waals surface area contributed by atoms with Gasteiger partial charge in [-0.15, -0.1) is 0 Å². The lowest BCUT2D eigenvalue weighted by atomic mass is 9.97. The summed E-state index contributed by atoms with van der Waals surface area (Å²) in [5, 5.41) is 15.0. The fourth-order valence-electron chi connectivity index (χ4n) is 3.28. The molecular formula is C19H21N2O3-. The molecule has 1 aliphatic rings. The van der Waals surface area contributed by atoms with Crippen LogP contribution >= 0.6 is 0 Å². The van der Waals surface area contributed by atoms with Crippen LogP contribution in [0, 0.1) is 0 Å². The van der Waals surface area contributed by atoms with E-state index < -0.39 is 5.97 Å². The van der Waals surface area contributed by atoms with Crippen LogP contribution in [0.25, 0.3) is 10.9 Å². The summed E-state index contributed by atoms with van der Waals surface area (Å²) in [7, 11) is 0. The summed E-state index contributed by atoms with van der Waals surface area (Å²) in [5.41, 5.74) is 2.58. The molecule has 1 aliphatic carbocycles. The molecule has 0 fully saturated rings. The number of para-hydroxylation sites is 1. The van der Waals surface area contributed by atoms with Gasteiger partial charge < -0.3 is 20.2 Å². The summed E-state index contributed by atoms with van der Waals surface area (Å²) in [5.74, 6) is -1.46. The van der Waals surface area contributed by atoms with E-state index in [2.05, 4.69) is 16.4 Å². The highest BCUT2D eigenvalue weighted by Crippen LogP contribution is 2.23. The van der Waals surface area contributed by atoms with Crippen molar-refractivity contribution >= 4 is 22.8 Å². The number of aromatic carboxylic acids is 1. The number of hydrogen-bond donors (Lipinski definition) is 2. The lowest BCUT2D eigenvalue weighted by Gasteiger charge is -2.13. The van der Waals surface area contributed by atoms with Crippen LogP contribution in [-0.4, -0.2) is 23.4 Å². The van der Waals surface area contributed by atoms with Gasteiger partial charge in [0.25, 0.3) is 0 Å². The van der Waals surface area contributed by atoms with Gasteiger partial charge in [-0.1, -0.05) is 29.8 Å². The van der Waals surface area contributed by atoms with Crippen LogP contribution in [0.15, 0.2) is 35.9 Å². The van der Waals surface area contributed by atoms with Crippen molar-refractivity contribution in [3.05, 3.63) is 47.2 Å². The molecule has 0 spiro atoms. The third kappa shape index (κ3) is 3.67. The Hall–Kier alpha value is -2.56. The second-order valence-electron chi connectivity index (χ2n) is 6.20. The molecule has 0 saturated carbocycles. The molecule has 1 amide bonds. The molecule has 2 N–H and O–H groups in total. The van der Waals surface area contributed by atoms with Crippen molar-refractivity contribution in [2.24, 2.45) is 0 Å². The van der Waals surface area contributed by atoms with Gasteiger partial charge in [0.2, 0.25) is 5.91 Å². The molecule has 0 atom stereocenters. The fourth-order valence-corrected chi connectivity index (χ4v) is 3.28. The first kappa shape index (κ1) is 16.3. The second-order valence-corrected chi connectivity index (χ2v) is 6.20. The quantitative estimate of drug-likeness (QED) is 0.797. The number of benzene rings is 1. The lowest BCUT2D eigenvalue weighted by molar-refractivity contribution is -0.255. The number of nitrogens with one attached hydrogen (secondary N) is 2. The van der Waals surface area contributed by atoms with E-state index in [1.165, 1.54) is 18.4 Å². The minimum absolute atomic E-state index is 0.0126. The summed E-state index contributed by atoms with van der Waals surface area (Å²) in [6.07, 6.45) is 7.90. The van der Waals surface area contributed by atoms with Gasteiger partial charge >= 0.3 is 0 Å². The number of carbonyl (C=O) groups excluding carboxylic acids is 2. The van der Waals surface area contributed by atoms with Crippen LogP contribution in [0.3, 0.4) is 0 Å². The van der Waals surface area contributed by atoms with Crippen LogP contribution in [0.5, 0.6) is 0 Å². The van der Waals surface area contributed by atoms with Crippen LogP contribution in [0.2, 0.25) is 0 Å². The Morgan fingerprint density at radius 3 is 2.79 bits per heavy atom. The first-order valence-electron chi connectivity index (χ1n) is 8.40. The van der Waals surface area contributed by atoms with Crippen molar-refractivity contribution in [2.75, 3.05) is 6.54 Å². The maximum absolute atomic E-state index is 12.2.